The molecule has 1 aliphatic rings. The van der Waals surface area contributed by atoms with E-state index in [4.69, 9.17) is 0 Å². The van der Waals surface area contributed by atoms with E-state index in [1.54, 1.807) is 13.8 Å². The Morgan fingerprint density at radius 3 is 2.47 bits per heavy atom. The lowest BCUT2D eigenvalue weighted by Crippen LogP contribution is -2.49. The molecule has 0 spiro atoms. The number of carbonyl (C=O) groups is 3. The third-order valence-corrected chi connectivity index (χ3v) is 6.88. The number of urea groups is 1. The zero-order chi connectivity index (χ0) is 24.5. The summed E-state index contributed by atoms with van der Waals surface area (Å²) in [4.78, 5) is 37.3. The standard InChI is InChI=1S/C24H26N6O3S/c1-5-24(4)21(32)30(22(33)25-24)28-19(31)14-34-23-27-26-20(17-9-7-6-8-10-17)29(23)18-12-11-15(2)16(3)13-18/h6-13H,5,14H2,1-4H3,(H,25,33)(H,28,31). The number of hydrogen-bond donors (Lipinski definition) is 2. The minimum absolute atomic E-state index is 0.0579. The number of imide groups is 1. The van der Waals surface area contributed by atoms with E-state index in [2.05, 4.69) is 20.9 Å². The van der Waals surface area contributed by atoms with Gasteiger partial charge in [-0.3, -0.25) is 19.6 Å². The van der Waals surface area contributed by atoms with Crippen LogP contribution in [-0.2, 0) is 9.59 Å². The maximum Gasteiger partial charge on any atom is 0.344 e. The minimum Gasteiger partial charge on any atom is -0.322 e. The highest BCUT2D eigenvalue weighted by molar-refractivity contribution is 7.99. The smallest absolute Gasteiger partial charge is 0.322 e. The van der Waals surface area contributed by atoms with Gasteiger partial charge in [-0.2, -0.15) is 5.01 Å². The van der Waals surface area contributed by atoms with Crippen LogP contribution in [0.25, 0.3) is 17.1 Å². The third kappa shape index (κ3) is 4.41. The zero-order valence-electron chi connectivity index (χ0n) is 19.5. The molecule has 34 heavy (non-hydrogen) atoms. The van der Waals surface area contributed by atoms with Crippen molar-refractivity contribution in [3.8, 4) is 17.1 Å². The zero-order valence-corrected chi connectivity index (χ0v) is 20.3. The van der Waals surface area contributed by atoms with Crippen LogP contribution in [-0.4, -0.2) is 48.9 Å². The highest BCUT2D eigenvalue weighted by Crippen LogP contribution is 2.29. The van der Waals surface area contributed by atoms with Gasteiger partial charge in [0.05, 0.1) is 11.4 Å². The molecule has 1 atom stereocenters. The molecule has 0 saturated carbocycles. The molecule has 1 saturated heterocycles. The normalized spacial score (nSPS) is 17.7. The first kappa shape index (κ1) is 23.5. The Balaban J connectivity index is 1.57. The number of nitrogens with one attached hydrogen (secondary N) is 2. The first-order valence-corrected chi connectivity index (χ1v) is 11.9. The van der Waals surface area contributed by atoms with Gasteiger partial charge >= 0.3 is 6.03 Å². The van der Waals surface area contributed by atoms with E-state index < -0.39 is 23.4 Å². The van der Waals surface area contributed by atoms with Gasteiger partial charge in [-0.1, -0.05) is 55.1 Å². The molecule has 1 aliphatic heterocycles. The lowest BCUT2D eigenvalue weighted by molar-refractivity contribution is -0.137. The fourth-order valence-corrected chi connectivity index (χ4v) is 4.29. The van der Waals surface area contributed by atoms with Crippen LogP contribution < -0.4 is 10.7 Å². The Bertz CT molecular complexity index is 1260. The van der Waals surface area contributed by atoms with Crippen LogP contribution in [0.4, 0.5) is 4.79 Å². The van der Waals surface area contributed by atoms with Crippen LogP contribution in [0.1, 0.15) is 31.4 Å². The van der Waals surface area contributed by atoms with Gasteiger partial charge in [0.25, 0.3) is 5.91 Å². The van der Waals surface area contributed by atoms with Crippen LogP contribution in [0.5, 0.6) is 0 Å². The predicted molar refractivity (Wildman–Crippen MR) is 129 cm³/mol. The first-order valence-electron chi connectivity index (χ1n) is 10.9. The second-order valence-corrected chi connectivity index (χ2v) is 9.30. The van der Waals surface area contributed by atoms with E-state index in [-0.39, 0.29) is 5.75 Å². The lowest BCUT2D eigenvalue weighted by atomic mass is 10.00. The third-order valence-electron chi connectivity index (χ3n) is 5.95. The Hall–Kier alpha value is -3.66. The minimum atomic E-state index is -1.02. The number of carbonyl (C=O) groups excluding carboxylic acids is 3. The van der Waals surface area contributed by atoms with E-state index in [0.29, 0.717) is 17.4 Å². The van der Waals surface area contributed by atoms with Crippen molar-refractivity contribution in [1.82, 2.24) is 30.5 Å². The van der Waals surface area contributed by atoms with E-state index in [0.717, 1.165) is 21.8 Å². The molecular formula is C24H26N6O3S. The molecule has 2 N–H and O–H groups in total. The summed E-state index contributed by atoms with van der Waals surface area (Å²) in [5.41, 5.74) is 5.44. The average molecular weight is 479 g/mol. The highest BCUT2D eigenvalue weighted by atomic mass is 32.2. The number of benzene rings is 2. The highest BCUT2D eigenvalue weighted by Gasteiger charge is 2.47. The van der Waals surface area contributed by atoms with Crippen molar-refractivity contribution < 1.29 is 14.4 Å². The summed E-state index contributed by atoms with van der Waals surface area (Å²) in [6, 6.07) is 15.1. The van der Waals surface area contributed by atoms with Crippen LogP contribution in [0.2, 0.25) is 0 Å². The van der Waals surface area contributed by atoms with Crippen molar-refractivity contribution >= 4 is 29.6 Å². The molecule has 0 bridgehead atoms. The number of nitrogens with zero attached hydrogens (tertiary/aromatic N) is 4. The molecule has 4 rings (SSSR count). The van der Waals surface area contributed by atoms with Gasteiger partial charge in [0.2, 0.25) is 5.91 Å². The first-order chi connectivity index (χ1) is 16.2. The van der Waals surface area contributed by atoms with Crippen LogP contribution in [0.3, 0.4) is 0 Å². The monoisotopic (exact) mass is 478 g/mol. The molecule has 2 heterocycles. The molecular weight excluding hydrogens is 452 g/mol. The van der Waals surface area contributed by atoms with Gasteiger partial charge < -0.3 is 5.32 Å². The molecule has 1 aromatic heterocycles. The van der Waals surface area contributed by atoms with Gasteiger partial charge in [0, 0.05) is 5.56 Å². The summed E-state index contributed by atoms with van der Waals surface area (Å²) in [5.74, 6) is -0.384. The Morgan fingerprint density at radius 1 is 1.09 bits per heavy atom. The van der Waals surface area contributed by atoms with Crippen molar-refractivity contribution in [1.29, 1.82) is 0 Å². The van der Waals surface area contributed by atoms with E-state index in [1.165, 1.54) is 17.3 Å². The average Bonchev–Trinajstić information content (AvgIpc) is 3.35. The summed E-state index contributed by atoms with van der Waals surface area (Å²) >= 11 is 1.17. The van der Waals surface area contributed by atoms with E-state index >= 15 is 0 Å². The summed E-state index contributed by atoms with van der Waals surface area (Å²) in [6.07, 6.45) is 0.417. The van der Waals surface area contributed by atoms with Crippen molar-refractivity contribution in [3.63, 3.8) is 0 Å². The Morgan fingerprint density at radius 2 is 1.82 bits per heavy atom. The SMILES string of the molecule is CCC1(C)NC(=O)N(NC(=O)CSc2nnc(-c3ccccc3)n2-c2ccc(C)c(C)c2)C1=O. The molecule has 4 amide bonds. The summed E-state index contributed by atoms with van der Waals surface area (Å²) < 4.78 is 1.90. The lowest BCUT2D eigenvalue weighted by Gasteiger charge is -2.19. The fraction of sp³-hybridized carbons (Fsp3) is 0.292. The predicted octanol–water partition coefficient (Wildman–Crippen LogP) is 3.39. The maximum atomic E-state index is 12.6. The van der Waals surface area contributed by atoms with E-state index in [9.17, 15) is 14.4 Å². The van der Waals surface area contributed by atoms with Crippen molar-refractivity contribution in [2.75, 3.05) is 5.75 Å². The Labute approximate surface area is 201 Å². The molecule has 176 valence electrons. The summed E-state index contributed by atoms with van der Waals surface area (Å²) in [6.45, 7) is 7.51. The van der Waals surface area contributed by atoms with E-state index in [1.807, 2.05) is 66.9 Å². The number of aryl methyl sites for hydroxylation is 2. The second-order valence-electron chi connectivity index (χ2n) is 8.36. The molecule has 3 aromatic rings. The molecule has 0 aliphatic carbocycles. The number of rotatable bonds is 7. The van der Waals surface area contributed by atoms with Gasteiger partial charge in [0.1, 0.15) is 5.54 Å². The molecule has 1 unspecified atom stereocenters. The molecule has 9 nitrogen and oxygen atoms in total. The topological polar surface area (TPSA) is 109 Å². The summed E-state index contributed by atoms with van der Waals surface area (Å²) in [7, 11) is 0. The van der Waals surface area contributed by atoms with Gasteiger partial charge in [0.15, 0.2) is 11.0 Å². The van der Waals surface area contributed by atoms with Crippen molar-refractivity contribution in [2.45, 2.75) is 44.8 Å². The quantitative estimate of drug-likeness (QED) is 0.398. The number of amides is 4. The van der Waals surface area contributed by atoms with Gasteiger partial charge in [-0.15, -0.1) is 10.2 Å². The number of hydrazine groups is 1. The summed E-state index contributed by atoms with van der Waals surface area (Å²) in [5, 5.41) is 12.6. The molecule has 1 fully saturated rings. The number of thioether (sulfide) groups is 1. The molecule has 0 radical (unpaired) electrons. The largest absolute Gasteiger partial charge is 0.344 e. The Kier molecular flexibility index (Phi) is 6.43. The van der Waals surface area contributed by atoms with Crippen molar-refractivity contribution in [3.05, 3.63) is 59.7 Å². The number of hydrogen-bond acceptors (Lipinski definition) is 6. The fourth-order valence-electron chi connectivity index (χ4n) is 3.55. The van der Waals surface area contributed by atoms with Gasteiger partial charge in [-0.25, -0.2) is 4.79 Å². The van der Waals surface area contributed by atoms with Crippen LogP contribution >= 0.6 is 11.8 Å². The maximum absolute atomic E-state index is 12.6. The number of aromatic nitrogens is 3. The second kappa shape index (κ2) is 9.30. The molecule has 10 heteroatoms. The van der Waals surface area contributed by atoms with Gasteiger partial charge in [-0.05, 0) is 50.5 Å². The molecule has 2 aromatic carbocycles. The van der Waals surface area contributed by atoms with Crippen molar-refractivity contribution in [2.24, 2.45) is 0 Å². The van der Waals surface area contributed by atoms with Crippen LogP contribution in [0, 0.1) is 13.8 Å². The van der Waals surface area contributed by atoms with Crippen LogP contribution in [0.15, 0.2) is 53.7 Å².